The molecule has 2 aromatic heterocycles. The smallest absolute Gasteiger partial charge is 0.191 e. The predicted molar refractivity (Wildman–Crippen MR) is 77.2 cm³/mol. The average molecular weight is 278 g/mol. The van der Waals surface area contributed by atoms with E-state index in [1.807, 2.05) is 12.1 Å². The van der Waals surface area contributed by atoms with Crippen LogP contribution in [0.4, 0.5) is 0 Å². The quantitative estimate of drug-likeness (QED) is 0.650. The summed E-state index contributed by atoms with van der Waals surface area (Å²) in [7, 11) is 1.75. The van der Waals surface area contributed by atoms with Crippen LogP contribution in [0.25, 0.3) is 0 Å². The Hall–Kier alpha value is -1.82. The lowest BCUT2D eigenvalue weighted by Crippen LogP contribution is -2.36. The molecule has 0 aliphatic rings. The van der Waals surface area contributed by atoms with Crippen molar-refractivity contribution in [2.45, 2.75) is 26.4 Å². The van der Waals surface area contributed by atoms with Crippen LogP contribution < -0.4 is 10.6 Å². The van der Waals surface area contributed by atoms with Crippen LogP contribution in [0.2, 0.25) is 0 Å². The van der Waals surface area contributed by atoms with E-state index < -0.39 is 0 Å². The number of aliphatic imine (C=N–C) groups is 1. The van der Waals surface area contributed by atoms with E-state index in [-0.39, 0.29) is 0 Å². The third-order valence-electron chi connectivity index (χ3n) is 2.63. The first-order valence-electron chi connectivity index (χ1n) is 6.23. The summed E-state index contributed by atoms with van der Waals surface area (Å²) >= 11 is 1.72. The molecule has 0 bridgehead atoms. The highest BCUT2D eigenvalue weighted by Crippen LogP contribution is 2.07. The lowest BCUT2D eigenvalue weighted by Gasteiger charge is -2.09. The normalized spacial score (nSPS) is 11.6. The molecule has 2 heterocycles. The number of hydrogen-bond acceptors (Lipinski definition) is 4. The van der Waals surface area contributed by atoms with E-state index in [9.17, 15) is 0 Å². The maximum atomic E-state index is 5.21. The van der Waals surface area contributed by atoms with Crippen molar-refractivity contribution in [3.8, 4) is 0 Å². The summed E-state index contributed by atoms with van der Waals surface area (Å²) in [5.74, 6) is 1.57. The molecule has 0 aliphatic carbocycles. The lowest BCUT2D eigenvalue weighted by molar-refractivity contribution is 0.374. The molecule has 0 saturated carbocycles. The summed E-state index contributed by atoms with van der Waals surface area (Å²) in [5, 5.41) is 12.5. The summed E-state index contributed by atoms with van der Waals surface area (Å²) < 4.78 is 5.21. The van der Waals surface area contributed by atoms with Gasteiger partial charge in [-0.1, -0.05) is 18.1 Å². The van der Waals surface area contributed by atoms with Crippen molar-refractivity contribution in [2.75, 3.05) is 7.05 Å². The fourth-order valence-electron chi connectivity index (χ4n) is 1.58. The highest BCUT2D eigenvalue weighted by molar-refractivity contribution is 7.09. The van der Waals surface area contributed by atoms with E-state index >= 15 is 0 Å². The number of aromatic nitrogens is 1. The lowest BCUT2D eigenvalue weighted by atomic mass is 10.3. The molecule has 19 heavy (non-hydrogen) atoms. The summed E-state index contributed by atoms with van der Waals surface area (Å²) in [6, 6.07) is 6.09. The second-order valence-electron chi connectivity index (χ2n) is 4.00. The highest BCUT2D eigenvalue weighted by Gasteiger charge is 2.04. The fraction of sp³-hybridized carbons (Fsp3) is 0.385. The van der Waals surface area contributed by atoms with Gasteiger partial charge in [-0.05, 0) is 17.9 Å². The van der Waals surface area contributed by atoms with E-state index in [1.54, 1.807) is 18.4 Å². The molecule has 0 radical (unpaired) electrons. The van der Waals surface area contributed by atoms with E-state index in [0.717, 1.165) is 30.4 Å². The van der Waals surface area contributed by atoms with Gasteiger partial charge in [0.1, 0.15) is 0 Å². The minimum Gasteiger partial charge on any atom is -0.359 e. The number of thiophene rings is 1. The number of rotatable bonds is 5. The molecule has 0 amide bonds. The molecular weight excluding hydrogens is 260 g/mol. The molecule has 2 aromatic rings. The Kier molecular flexibility index (Phi) is 4.97. The van der Waals surface area contributed by atoms with E-state index in [0.29, 0.717) is 6.54 Å². The number of nitrogens with one attached hydrogen (secondary N) is 2. The number of guanidine groups is 1. The average Bonchev–Trinajstić information content (AvgIpc) is 3.10. The highest BCUT2D eigenvalue weighted by atomic mass is 32.1. The molecule has 0 spiro atoms. The molecular formula is C13H18N4OS. The molecule has 102 valence electrons. The summed E-state index contributed by atoms with van der Waals surface area (Å²) in [6.07, 6.45) is 0.884. The van der Waals surface area contributed by atoms with Crippen molar-refractivity contribution in [3.63, 3.8) is 0 Å². The van der Waals surface area contributed by atoms with Crippen molar-refractivity contribution in [1.82, 2.24) is 15.8 Å². The van der Waals surface area contributed by atoms with Crippen molar-refractivity contribution in [3.05, 3.63) is 39.9 Å². The van der Waals surface area contributed by atoms with Crippen LogP contribution >= 0.6 is 11.3 Å². The standard InChI is InChI=1S/C13H18N4OS/c1-3-10-7-11(18-17-10)8-15-13(14-2)16-9-12-5-4-6-19-12/h4-7H,3,8-9H2,1-2H3,(H2,14,15,16). The third-order valence-corrected chi connectivity index (χ3v) is 3.51. The molecule has 6 heteroatoms. The van der Waals surface area contributed by atoms with Crippen molar-refractivity contribution >= 4 is 17.3 Å². The van der Waals surface area contributed by atoms with Gasteiger partial charge in [0, 0.05) is 18.0 Å². The Morgan fingerprint density at radius 2 is 2.26 bits per heavy atom. The molecule has 0 fully saturated rings. The van der Waals surface area contributed by atoms with Gasteiger partial charge >= 0.3 is 0 Å². The van der Waals surface area contributed by atoms with Gasteiger partial charge < -0.3 is 15.2 Å². The van der Waals surface area contributed by atoms with Crippen molar-refractivity contribution in [2.24, 2.45) is 4.99 Å². The molecule has 2 N–H and O–H groups in total. The monoisotopic (exact) mass is 278 g/mol. The Balaban J connectivity index is 1.79. The van der Waals surface area contributed by atoms with Crippen LogP contribution in [-0.2, 0) is 19.5 Å². The van der Waals surface area contributed by atoms with Crippen LogP contribution in [-0.4, -0.2) is 18.2 Å². The van der Waals surface area contributed by atoms with Gasteiger partial charge in [-0.15, -0.1) is 11.3 Å². The Bertz CT molecular complexity index is 518. The van der Waals surface area contributed by atoms with Gasteiger partial charge in [0.2, 0.25) is 0 Å². The van der Waals surface area contributed by atoms with E-state index in [2.05, 4.69) is 39.2 Å². The third kappa shape index (κ3) is 4.10. The van der Waals surface area contributed by atoms with Crippen LogP contribution in [0, 0.1) is 0 Å². The number of nitrogens with zero attached hydrogens (tertiary/aromatic N) is 2. The van der Waals surface area contributed by atoms with Crippen molar-refractivity contribution < 1.29 is 4.52 Å². The molecule has 0 saturated heterocycles. The first-order chi connectivity index (χ1) is 9.31. The fourth-order valence-corrected chi connectivity index (χ4v) is 2.23. The van der Waals surface area contributed by atoms with Crippen molar-refractivity contribution in [1.29, 1.82) is 0 Å². The summed E-state index contributed by atoms with van der Waals surface area (Å²) in [4.78, 5) is 5.44. The van der Waals surface area contributed by atoms with Gasteiger partial charge in [0.05, 0.1) is 18.8 Å². The SMILES string of the molecule is CCc1cc(CNC(=NC)NCc2cccs2)on1. The largest absolute Gasteiger partial charge is 0.359 e. The minimum absolute atomic E-state index is 0.580. The zero-order valence-electron chi connectivity index (χ0n) is 11.1. The number of hydrogen-bond donors (Lipinski definition) is 2. The minimum atomic E-state index is 0.580. The predicted octanol–water partition coefficient (Wildman–Crippen LogP) is 2.16. The summed E-state index contributed by atoms with van der Waals surface area (Å²) in [6.45, 7) is 3.40. The number of aryl methyl sites for hydroxylation is 1. The van der Waals surface area contributed by atoms with E-state index in [1.165, 1.54) is 4.88 Å². The zero-order chi connectivity index (χ0) is 13.5. The van der Waals surface area contributed by atoms with Gasteiger partial charge in [-0.3, -0.25) is 4.99 Å². The van der Waals surface area contributed by atoms with Crippen LogP contribution in [0.5, 0.6) is 0 Å². The topological polar surface area (TPSA) is 62.5 Å². The zero-order valence-corrected chi connectivity index (χ0v) is 12.0. The molecule has 0 aromatic carbocycles. The van der Waals surface area contributed by atoms with Gasteiger partial charge in [-0.25, -0.2) is 0 Å². The van der Waals surface area contributed by atoms with Crippen LogP contribution in [0.15, 0.2) is 33.1 Å². The maximum absolute atomic E-state index is 5.21. The van der Waals surface area contributed by atoms with Crippen LogP contribution in [0.3, 0.4) is 0 Å². The Morgan fingerprint density at radius 1 is 1.42 bits per heavy atom. The summed E-state index contributed by atoms with van der Waals surface area (Å²) in [5.41, 5.74) is 0.971. The molecule has 0 unspecified atom stereocenters. The molecule has 0 atom stereocenters. The Labute approximate surface area is 116 Å². The Morgan fingerprint density at radius 3 is 2.89 bits per heavy atom. The second kappa shape index (κ2) is 6.94. The first kappa shape index (κ1) is 13.6. The van der Waals surface area contributed by atoms with Gasteiger partial charge in [0.15, 0.2) is 11.7 Å². The van der Waals surface area contributed by atoms with Gasteiger partial charge in [0.25, 0.3) is 0 Å². The van der Waals surface area contributed by atoms with E-state index in [4.69, 9.17) is 4.52 Å². The van der Waals surface area contributed by atoms with Crippen LogP contribution in [0.1, 0.15) is 23.3 Å². The maximum Gasteiger partial charge on any atom is 0.191 e. The second-order valence-corrected chi connectivity index (χ2v) is 5.03. The first-order valence-corrected chi connectivity index (χ1v) is 7.11. The molecule has 2 rings (SSSR count). The van der Waals surface area contributed by atoms with Gasteiger partial charge in [-0.2, -0.15) is 0 Å². The molecule has 5 nitrogen and oxygen atoms in total. The molecule has 0 aliphatic heterocycles.